The maximum atomic E-state index is 12.2. The van der Waals surface area contributed by atoms with E-state index in [1.165, 1.54) is 0 Å². The molecule has 0 aliphatic carbocycles. The van der Waals surface area contributed by atoms with Gasteiger partial charge in [0.15, 0.2) is 0 Å². The third-order valence-corrected chi connectivity index (χ3v) is 3.64. The maximum absolute atomic E-state index is 12.2. The van der Waals surface area contributed by atoms with Crippen molar-refractivity contribution in [3.05, 3.63) is 29.8 Å². The molecule has 0 aromatic heterocycles. The monoisotopic (exact) mass is 276 g/mol. The molecule has 1 aliphatic rings. The van der Waals surface area contributed by atoms with Crippen LogP contribution in [0.1, 0.15) is 32.8 Å². The Morgan fingerprint density at radius 3 is 2.95 bits per heavy atom. The molecule has 2 rings (SSSR count). The lowest BCUT2D eigenvalue weighted by molar-refractivity contribution is -0.129. The lowest BCUT2D eigenvalue weighted by Crippen LogP contribution is -2.40. The van der Waals surface area contributed by atoms with Gasteiger partial charge in [-0.15, -0.1) is 0 Å². The summed E-state index contributed by atoms with van der Waals surface area (Å²) in [6, 6.07) is 7.88. The second-order valence-corrected chi connectivity index (χ2v) is 5.98. The first kappa shape index (κ1) is 14.9. The van der Waals surface area contributed by atoms with Crippen LogP contribution in [0.2, 0.25) is 0 Å². The highest BCUT2D eigenvalue weighted by Gasteiger charge is 2.35. The molecule has 2 N–H and O–H groups in total. The average Bonchev–Trinajstić information content (AvgIpc) is 2.84. The molecule has 1 aromatic carbocycles. The number of amides is 1. The van der Waals surface area contributed by atoms with E-state index in [2.05, 4.69) is 10.6 Å². The highest BCUT2D eigenvalue weighted by molar-refractivity contribution is 5.82. The molecule has 1 aliphatic heterocycles. The van der Waals surface area contributed by atoms with Crippen LogP contribution in [0.4, 0.5) is 0 Å². The number of carbonyl (C=O) groups excluding carboxylic acids is 1. The molecule has 1 aromatic rings. The van der Waals surface area contributed by atoms with Crippen LogP contribution in [0.5, 0.6) is 5.75 Å². The molecule has 1 amide bonds. The minimum atomic E-state index is -0.272. The summed E-state index contributed by atoms with van der Waals surface area (Å²) in [6.45, 7) is 8.24. The first-order valence-electron chi connectivity index (χ1n) is 7.24. The molecule has 0 saturated carbocycles. The van der Waals surface area contributed by atoms with Crippen LogP contribution in [-0.2, 0) is 11.3 Å². The Labute approximate surface area is 120 Å². The Balaban J connectivity index is 1.92. The van der Waals surface area contributed by atoms with E-state index in [1.807, 2.05) is 45.0 Å². The largest absolute Gasteiger partial charge is 0.491 e. The zero-order valence-corrected chi connectivity index (χ0v) is 12.5. The van der Waals surface area contributed by atoms with Crippen molar-refractivity contribution < 1.29 is 9.53 Å². The fraction of sp³-hybridized carbons (Fsp3) is 0.562. The van der Waals surface area contributed by atoms with Gasteiger partial charge in [0.1, 0.15) is 5.75 Å². The van der Waals surface area contributed by atoms with Crippen LogP contribution in [0.3, 0.4) is 0 Å². The molecule has 1 atom stereocenters. The summed E-state index contributed by atoms with van der Waals surface area (Å²) in [7, 11) is 0. The fourth-order valence-corrected chi connectivity index (χ4v) is 2.41. The third kappa shape index (κ3) is 3.73. The van der Waals surface area contributed by atoms with Gasteiger partial charge in [-0.2, -0.15) is 0 Å². The van der Waals surface area contributed by atoms with Crippen LogP contribution < -0.4 is 15.4 Å². The average molecular weight is 276 g/mol. The first-order valence-corrected chi connectivity index (χ1v) is 7.24. The summed E-state index contributed by atoms with van der Waals surface area (Å²) >= 11 is 0. The van der Waals surface area contributed by atoms with E-state index in [1.54, 1.807) is 0 Å². The van der Waals surface area contributed by atoms with E-state index >= 15 is 0 Å². The van der Waals surface area contributed by atoms with Gasteiger partial charge in [0, 0.05) is 13.1 Å². The van der Waals surface area contributed by atoms with Crippen molar-refractivity contribution in [2.75, 3.05) is 13.1 Å². The summed E-state index contributed by atoms with van der Waals surface area (Å²) in [5.74, 6) is 0.971. The van der Waals surface area contributed by atoms with Gasteiger partial charge in [-0.3, -0.25) is 4.79 Å². The van der Waals surface area contributed by atoms with Gasteiger partial charge in [0.25, 0.3) is 0 Å². The van der Waals surface area contributed by atoms with E-state index in [4.69, 9.17) is 4.74 Å². The minimum Gasteiger partial charge on any atom is -0.491 e. The number of benzene rings is 1. The molecule has 20 heavy (non-hydrogen) atoms. The molecule has 1 fully saturated rings. The molecular weight excluding hydrogens is 252 g/mol. The molecule has 0 radical (unpaired) electrons. The molecule has 0 spiro atoms. The van der Waals surface area contributed by atoms with E-state index < -0.39 is 0 Å². The predicted octanol–water partition coefficient (Wildman–Crippen LogP) is 2.09. The van der Waals surface area contributed by atoms with Crippen molar-refractivity contribution >= 4 is 5.91 Å². The second-order valence-electron chi connectivity index (χ2n) is 5.98. The Bertz CT molecular complexity index is 465. The van der Waals surface area contributed by atoms with Gasteiger partial charge in [-0.05, 0) is 51.4 Å². The molecule has 1 heterocycles. The Morgan fingerprint density at radius 1 is 1.50 bits per heavy atom. The summed E-state index contributed by atoms with van der Waals surface area (Å²) < 4.78 is 5.66. The SMILES string of the molecule is CC(C)Oc1cccc(CNC(=O)[C@@]2(C)CCNC2)c1. The summed E-state index contributed by atoms with van der Waals surface area (Å²) in [4.78, 5) is 12.2. The van der Waals surface area contributed by atoms with Crippen molar-refractivity contribution in [3.63, 3.8) is 0 Å². The van der Waals surface area contributed by atoms with Crippen molar-refractivity contribution in [2.24, 2.45) is 5.41 Å². The molecule has 1 saturated heterocycles. The third-order valence-electron chi connectivity index (χ3n) is 3.64. The Hall–Kier alpha value is -1.55. The van der Waals surface area contributed by atoms with Gasteiger partial charge in [-0.1, -0.05) is 12.1 Å². The van der Waals surface area contributed by atoms with Gasteiger partial charge in [0.05, 0.1) is 11.5 Å². The summed E-state index contributed by atoms with van der Waals surface area (Å²) in [6.07, 6.45) is 1.05. The topological polar surface area (TPSA) is 50.4 Å². The number of hydrogen-bond acceptors (Lipinski definition) is 3. The highest BCUT2D eigenvalue weighted by Crippen LogP contribution is 2.24. The van der Waals surface area contributed by atoms with Gasteiger partial charge < -0.3 is 15.4 Å². The van der Waals surface area contributed by atoms with E-state index in [0.717, 1.165) is 30.8 Å². The van der Waals surface area contributed by atoms with Crippen LogP contribution in [0.15, 0.2) is 24.3 Å². The Kier molecular flexibility index (Phi) is 4.65. The van der Waals surface area contributed by atoms with Gasteiger partial charge >= 0.3 is 0 Å². The van der Waals surface area contributed by atoms with E-state index in [-0.39, 0.29) is 17.4 Å². The number of hydrogen-bond donors (Lipinski definition) is 2. The molecule has 110 valence electrons. The van der Waals surface area contributed by atoms with Crippen LogP contribution >= 0.6 is 0 Å². The van der Waals surface area contributed by atoms with Crippen LogP contribution in [0, 0.1) is 5.41 Å². The zero-order valence-electron chi connectivity index (χ0n) is 12.5. The van der Waals surface area contributed by atoms with Crippen LogP contribution in [0.25, 0.3) is 0 Å². The lowest BCUT2D eigenvalue weighted by Gasteiger charge is -2.21. The fourth-order valence-electron chi connectivity index (χ4n) is 2.41. The number of carbonyl (C=O) groups is 1. The van der Waals surface area contributed by atoms with Crippen LogP contribution in [-0.4, -0.2) is 25.1 Å². The normalized spacial score (nSPS) is 22.0. The van der Waals surface area contributed by atoms with Gasteiger partial charge in [-0.25, -0.2) is 0 Å². The number of rotatable bonds is 5. The van der Waals surface area contributed by atoms with E-state index in [0.29, 0.717) is 6.54 Å². The van der Waals surface area contributed by atoms with Crippen molar-refractivity contribution in [1.29, 1.82) is 0 Å². The lowest BCUT2D eigenvalue weighted by atomic mass is 9.89. The zero-order chi connectivity index (χ0) is 14.6. The first-order chi connectivity index (χ1) is 9.49. The predicted molar refractivity (Wildman–Crippen MR) is 79.6 cm³/mol. The van der Waals surface area contributed by atoms with Crippen molar-refractivity contribution in [2.45, 2.75) is 39.8 Å². The molecule has 0 unspecified atom stereocenters. The highest BCUT2D eigenvalue weighted by atomic mass is 16.5. The Morgan fingerprint density at radius 2 is 2.30 bits per heavy atom. The smallest absolute Gasteiger partial charge is 0.227 e. The maximum Gasteiger partial charge on any atom is 0.227 e. The summed E-state index contributed by atoms with van der Waals surface area (Å²) in [5, 5.41) is 6.27. The molecular formula is C16H24N2O2. The van der Waals surface area contributed by atoms with Crippen molar-refractivity contribution in [1.82, 2.24) is 10.6 Å². The minimum absolute atomic E-state index is 0.123. The quantitative estimate of drug-likeness (QED) is 0.866. The second kappa shape index (κ2) is 6.27. The number of nitrogens with one attached hydrogen (secondary N) is 2. The molecule has 4 heteroatoms. The van der Waals surface area contributed by atoms with Crippen molar-refractivity contribution in [3.8, 4) is 5.75 Å². The standard InChI is InChI=1S/C16H24N2O2/c1-12(2)20-14-6-4-5-13(9-14)10-18-15(19)16(3)7-8-17-11-16/h4-6,9,12,17H,7-8,10-11H2,1-3H3,(H,18,19)/t16-/m0/s1. The molecule has 4 nitrogen and oxygen atoms in total. The number of ether oxygens (including phenoxy) is 1. The van der Waals surface area contributed by atoms with Gasteiger partial charge in [0.2, 0.25) is 5.91 Å². The van der Waals surface area contributed by atoms with E-state index in [9.17, 15) is 4.79 Å². The molecule has 0 bridgehead atoms. The summed E-state index contributed by atoms with van der Waals surface area (Å²) in [5.41, 5.74) is 0.789.